The molecule has 0 aromatic heterocycles. The predicted octanol–water partition coefficient (Wildman–Crippen LogP) is 10.5. The third-order valence-electron chi connectivity index (χ3n) is 12.5. The molecule has 1 aliphatic carbocycles. The Morgan fingerprint density at radius 2 is 0.550 bits per heavy atom. The van der Waals surface area contributed by atoms with Crippen molar-refractivity contribution in [1.82, 2.24) is 0 Å². The van der Waals surface area contributed by atoms with E-state index >= 15 is 0 Å². The highest BCUT2D eigenvalue weighted by atomic mass is 16.6. The molecule has 0 aliphatic heterocycles. The van der Waals surface area contributed by atoms with Crippen molar-refractivity contribution >= 4 is 77.6 Å². The van der Waals surface area contributed by atoms with Gasteiger partial charge in [0.25, 0.3) is 0 Å². The molecular formula is C81H110O30. The monoisotopic (exact) mass is 1560 g/mol. The molecule has 1 aromatic rings. The normalized spacial score (nSPS) is 11.6. The highest BCUT2D eigenvalue weighted by Crippen LogP contribution is 2.29. The van der Waals surface area contributed by atoms with Gasteiger partial charge < -0.3 is 80.5 Å². The van der Waals surface area contributed by atoms with Crippen molar-refractivity contribution in [2.45, 2.75) is 83.7 Å². The van der Waals surface area contributed by atoms with Gasteiger partial charge in [-0.1, -0.05) is 105 Å². The topological polar surface area (TPSA) is 379 Å². The SMILES string of the molecule is C=CC(=C)OCCOCCOC(=O)C=C.C=CC(=O)OCC1CCC(COC(=O)C=C)CC1.C=CC(=O)OCCC(C)OC(=O)C=C.C=CC(=O)OCCCCCCOC(=O)C=C.C=CC(=O)OCCCCOC(=O)C=C.C=CC(=O)OCCOCCOCCOC(=O)C=C.C=CC(=O)Oc1cccc(OC(=O)C=C)c1. The van der Waals surface area contributed by atoms with E-state index in [1.807, 2.05) is 0 Å². The minimum absolute atomic E-state index is 0.182. The molecular weight excluding hydrogens is 1450 g/mol. The van der Waals surface area contributed by atoms with Crippen LogP contribution in [0.15, 0.2) is 214 Å². The van der Waals surface area contributed by atoms with Crippen molar-refractivity contribution in [3.63, 3.8) is 0 Å². The van der Waals surface area contributed by atoms with Crippen LogP contribution in [0.2, 0.25) is 0 Å². The van der Waals surface area contributed by atoms with Crippen LogP contribution in [-0.4, -0.2) is 196 Å². The maximum atomic E-state index is 10.9. The molecule has 1 aliphatic rings. The number of carbonyl (C=O) groups excluding carboxylic acids is 13. The number of ether oxygens (including phenoxy) is 17. The highest BCUT2D eigenvalue weighted by molar-refractivity contribution is 5.86. The maximum Gasteiger partial charge on any atom is 0.335 e. The molecule has 1 unspecified atom stereocenters. The Morgan fingerprint density at radius 3 is 0.829 bits per heavy atom. The second-order valence-electron chi connectivity index (χ2n) is 21.0. The second-order valence-corrected chi connectivity index (χ2v) is 21.0. The summed E-state index contributed by atoms with van der Waals surface area (Å²) in [6, 6.07) is 6.14. The first kappa shape index (κ1) is 108. The zero-order valence-electron chi connectivity index (χ0n) is 63.8. The number of unbranched alkanes of at least 4 members (excludes halogenated alkanes) is 4. The number of rotatable bonds is 52. The number of esters is 13. The van der Waals surface area contributed by atoms with Crippen molar-refractivity contribution in [1.29, 1.82) is 0 Å². The fourth-order valence-corrected chi connectivity index (χ4v) is 6.87. The van der Waals surface area contributed by atoms with Crippen molar-refractivity contribution in [3.05, 3.63) is 214 Å². The molecule has 1 atom stereocenters. The quantitative estimate of drug-likeness (QED) is 0.0111. The molecule has 1 fully saturated rings. The molecule has 1 aromatic carbocycles. The van der Waals surface area contributed by atoms with Crippen LogP contribution in [0.5, 0.6) is 11.5 Å². The molecule has 0 heterocycles. The van der Waals surface area contributed by atoms with E-state index in [9.17, 15) is 62.3 Å². The van der Waals surface area contributed by atoms with Crippen LogP contribution in [0.4, 0.5) is 0 Å². The Kier molecular flexibility index (Phi) is 76.8. The van der Waals surface area contributed by atoms with Gasteiger partial charge in [0.1, 0.15) is 49.8 Å². The van der Waals surface area contributed by atoms with E-state index in [1.165, 1.54) is 24.3 Å². The molecule has 1 saturated carbocycles. The fraction of sp³-hybridized carbons (Fsp3) is 0.395. The van der Waals surface area contributed by atoms with Gasteiger partial charge in [-0.15, -0.1) is 0 Å². The predicted molar refractivity (Wildman–Crippen MR) is 411 cm³/mol. The van der Waals surface area contributed by atoms with Crippen LogP contribution in [0, 0.1) is 11.8 Å². The number of hydrogen-bond acceptors (Lipinski definition) is 30. The van der Waals surface area contributed by atoms with E-state index in [2.05, 4.69) is 113 Å². The first-order valence-corrected chi connectivity index (χ1v) is 34.4. The maximum absolute atomic E-state index is 10.9. The van der Waals surface area contributed by atoms with E-state index in [4.69, 9.17) is 66.3 Å². The Morgan fingerprint density at radius 1 is 0.306 bits per heavy atom. The number of allylic oxidation sites excluding steroid dienone is 1. The fourth-order valence-electron chi connectivity index (χ4n) is 6.87. The third kappa shape index (κ3) is 79.0. The van der Waals surface area contributed by atoms with Crippen LogP contribution in [-0.2, 0) is 133 Å². The largest absolute Gasteiger partial charge is 0.492 e. The van der Waals surface area contributed by atoms with Gasteiger partial charge in [-0.2, -0.15) is 0 Å². The molecule has 0 spiro atoms. The van der Waals surface area contributed by atoms with Gasteiger partial charge in [-0.25, -0.2) is 62.3 Å². The van der Waals surface area contributed by atoms with Crippen LogP contribution in [0.3, 0.4) is 0 Å². The van der Waals surface area contributed by atoms with Crippen molar-refractivity contribution in [2.75, 3.05) is 112 Å². The Bertz CT molecular complexity index is 2900. The summed E-state index contributed by atoms with van der Waals surface area (Å²) in [4.78, 5) is 139. The number of benzene rings is 1. The van der Waals surface area contributed by atoms with E-state index in [0.717, 1.165) is 118 Å². The average molecular weight is 1560 g/mol. The minimum Gasteiger partial charge on any atom is -0.492 e. The molecule has 30 nitrogen and oxygen atoms in total. The van der Waals surface area contributed by atoms with Crippen LogP contribution >= 0.6 is 0 Å². The third-order valence-corrected chi connectivity index (χ3v) is 12.5. The molecule has 30 heteroatoms. The first-order chi connectivity index (χ1) is 53.2. The Labute approximate surface area is 651 Å². The number of hydrogen-bond donors (Lipinski definition) is 0. The van der Waals surface area contributed by atoms with Crippen LogP contribution in [0.25, 0.3) is 0 Å². The van der Waals surface area contributed by atoms with Gasteiger partial charge in [0.2, 0.25) is 0 Å². The van der Waals surface area contributed by atoms with Crippen LogP contribution in [0.1, 0.15) is 77.6 Å². The molecule has 614 valence electrons. The van der Waals surface area contributed by atoms with Gasteiger partial charge in [-0.3, -0.25) is 0 Å². The van der Waals surface area contributed by atoms with Gasteiger partial charge in [0.15, 0.2) is 0 Å². The van der Waals surface area contributed by atoms with Crippen LogP contribution < -0.4 is 9.47 Å². The lowest BCUT2D eigenvalue weighted by molar-refractivity contribution is -0.145. The zero-order valence-corrected chi connectivity index (χ0v) is 63.8. The summed E-state index contributed by atoms with van der Waals surface area (Å²) >= 11 is 0. The van der Waals surface area contributed by atoms with E-state index in [1.54, 1.807) is 25.1 Å². The molecule has 2 rings (SSSR count). The Balaban J connectivity index is -0.000000395. The van der Waals surface area contributed by atoms with Gasteiger partial charge >= 0.3 is 77.6 Å². The van der Waals surface area contributed by atoms with Crippen molar-refractivity contribution in [2.24, 2.45) is 11.8 Å². The Hall–Kier alpha value is -11.9. The van der Waals surface area contributed by atoms with Crippen molar-refractivity contribution in [3.8, 4) is 11.5 Å². The van der Waals surface area contributed by atoms with E-state index in [-0.39, 0.29) is 67.9 Å². The lowest BCUT2D eigenvalue weighted by Crippen LogP contribution is -2.23. The van der Waals surface area contributed by atoms with Crippen molar-refractivity contribution < 1.29 is 143 Å². The molecule has 111 heavy (non-hydrogen) atoms. The molecule has 0 amide bonds. The molecule has 0 radical (unpaired) electrons. The van der Waals surface area contributed by atoms with Gasteiger partial charge in [-0.05, 0) is 101 Å². The highest BCUT2D eigenvalue weighted by Gasteiger charge is 2.23. The van der Waals surface area contributed by atoms with E-state index < -0.39 is 53.7 Å². The lowest BCUT2D eigenvalue weighted by atomic mass is 9.83. The summed E-state index contributed by atoms with van der Waals surface area (Å²) in [7, 11) is 0. The summed E-state index contributed by atoms with van der Waals surface area (Å²) in [5.41, 5.74) is 0. The summed E-state index contributed by atoms with van der Waals surface area (Å²) in [6.07, 6.45) is 24.9. The summed E-state index contributed by atoms with van der Waals surface area (Å²) < 4.78 is 82.8. The lowest BCUT2D eigenvalue weighted by Gasteiger charge is -2.27. The summed E-state index contributed by atoms with van der Waals surface area (Å²) in [6.45, 7) is 57.1. The van der Waals surface area contributed by atoms with Gasteiger partial charge in [0.05, 0.1) is 85.9 Å². The molecule has 0 saturated heterocycles. The minimum atomic E-state index is -0.577. The zero-order chi connectivity index (χ0) is 84.5. The smallest absolute Gasteiger partial charge is 0.335 e. The first-order valence-electron chi connectivity index (χ1n) is 34.4. The van der Waals surface area contributed by atoms with E-state index in [0.29, 0.717) is 123 Å². The second kappa shape index (κ2) is 79.2. The number of carbonyl (C=O) groups is 13. The molecule has 0 bridgehead atoms. The molecule has 0 N–H and O–H groups in total. The van der Waals surface area contributed by atoms with Gasteiger partial charge in [0, 0.05) is 91.5 Å². The average Bonchev–Trinajstić information content (AvgIpc) is 0.900. The summed E-state index contributed by atoms with van der Waals surface area (Å²) in [5.74, 6) is -3.99. The summed E-state index contributed by atoms with van der Waals surface area (Å²) in [5, 5.41) is 0. The standard InChI is InChI=1S/C14H20O4.C12H18O6.C12H10O4.C12H18O4.C11H16O4.2C10H14O4/c1-3-13(15)17-9-11-5-7-12(8-6-11)10-18-14(16)4-2;1-3-11(13)17-9-7-15-5-6-16-8-10-18-12(14)4-2;1-3-11(13)15-9-6-5-7-10(8-9)16-12(14)4-2;1-3-11(13)15-9-7-5-6-8-10-16-12(14)4-2;1-4-10(3)14-8-6-13-7-9-15-11(12)5-2;1-4-9(11)13-7-6-8(3)14-10(12)5-2;1-3-9(11)13-7-5-6-8-14-10(12)4-2/h3-4,11-12H,1-2,5-10H2;3-4H,1-2,5-10H2;3-8H,1-2H2;3-4H,1-2,5-10H2;4-5H,1-3,6-9H2;4-5,8H,1-2,6-7H2,3H3;3-4H,1-2,5-8H2.